The molecular weight excluding hydrogens is 222 g/mol. The molecule has 2 nitrogen and oxygen atoms in total. The third kappa shape index (κ3) is 2.69. The van der Waals surface area contributed by atoms with Gasteiger partial charge in [-0.2, -0.15) is 0 Å². The highest BCUT2D eigenvalue weighted by Crippen LogP contribution is 2.40. The zero-order chi connectivity index (χ0) is 13.1. The number of benzene rings is 1. The van der Waals surface area contributed by atoms with Crippen LogP contribution in [0.25, 0.3) is 0 Å². The van der Waals surface area contributed by atoms with Gasteiger partial charge in [0.15, 0.2) is 0 Å². The number of ether oxygens (including phenoxy) is 1. The number of hydrogen-bond acceptors (Lipinski definition) is 2. The zero-order valence-electron chi connectivity index (χ0n) is 11.7. The zero-order valence-corrected chi connectivity index (χ0v) is 11.7. The fourth-order valence-corrected chi connectivity index (χ4v) is 3.11. The van der Waals surface area contributed by atoms with E-state index in [2.05, 4.69) is 19.9 Å². The van der Waals surface area contributed by atoms with Gasteiger partial charge in [0.2, 0.25) is 0 Å². The molecular formula is C16H25NO. The molecule has 1 aromatic carbocycles. The maximum absolute atomic E-state index is 6.47. The van der Waals surface area contributed by atoms with Crippen LogP contribution in [0.5, 0.6) is 5.75 Å². The van der Waals surface area contributed by atoms with E-state index in [4.69, 9.17) is 10.5 Å². The van der Waals surface area contributed by atoms with Crippen molar-refractivity contribution in [1.29, 1.82) is 0 Å². The SMILES string of the molecule is COc1ccccc1C(N)C1CCC(C)C(C)C1. The summed E-state index contributed by atoms with van der Waals surface area (Å²) in [4.78, 5) is 0. The molecule has 4 unspecified atom stereocenters. The van der Waals surface area contributed by atoms with Crippen molar-refractivity contribution in [3.8, 4) is 5.75 Å². The van der Waals surface area contributed by atoms with E-state index in [1.54, 1.807) is 7.11 Å². The molecule has 4 atom stereocenters. The summed E-state index contributed by atoms with van der Waals surface area (Å²) in [5, 5.41) is 0. The fourth-order valence-electron chi connectivity index (χ4n) is 3.11. The van der Waals surface area contributed by atoms with Crippen LogP contribution in [0.4, 0.5) is 0 Å². The van der Waals surface area contributed by atoms with E-state index in [9.17, 15) is 0 Å². The molecule has 0 bridgehead atoms. The molecule has 1 aliphatic rings. The summed E-state index contributed by atoms with van der Waals surface area (Å²) in [6.45, 7) is 4.71. The average Bonchev–Trinajstić information content (AvgIpc) is 2.41. The molecule has 2 N–H and O–H groups in total. The number of methoxy groups -OCH3 is 1. The van der Waals surface area contributed by atoms with Gasteiger partial charge in [-0.25, -0.2) is 0 Å². The maximum atomic E-state index is 6.47. The summed E-state index contributed by atoms with van der Waals surface area (Å²) < 4.78 is 5.43. The Hall–Kier alpha value is -1.02. The molecule has 1 aromatic rings. The molecule has 2 heteroatoms. The molecule has 2 rings (SSSR count). The largest absolute Gasteiger partial charge is 0.496 e. The van der Waals surface area contributed by atoms with Gasteiger partial charge in [-0.3, -0.25) is 0 Å². The summed E-state index contributed by atoms with van der Waals surface area (Å²) >= 11 is 0. The molecule has 0 radical (unpaired) electrons. The van der Waals surface area contributed by atoms with Crippen LogP contribution >= 0.6 is 0 Å². The van der Waals surface area contributed by atoms with E-state index in [1.807, 2.05) is 18.2 Å². The molecule has 0 saturated heterocycles. The third-order valence-electron chi connectivity index (χ3n) is 4.64. The highest BCUT2D eigenvalue weighted by atomic mass is 16.5. The van der Waals surface area contributed by atoms with Gasteiger partial charge >= 0.3 is 0 Å². The van der Waals surface area contributed by atoms with Crippen LogP contribution in [0.2, 0.25) is 0 Å². The van der Waals surface area contributed by atoms with Crippen LogP contribution < -0.4 is 10.5 Å². The Morgan fingerprint density at radius 3 is 2.56 bits per heavy atom. The van der Waals surface area contributed by atoms with E-state index < -0.39 is 0 Å². The van der Waals surface area contributed by atoms with Crippen molar-refractivity contribution in [3.63, 3.8) is 0 Å². The van der Waals surface area contributed by atoms with Crippen LogP contribution in [0.3, 0.4) is 0 Å². The minimum Gasteiger partial charge on any atom is -0.496 e. The number of hydrogen-bond donors (Lipinski definition) is 1. The Bertz CT molecular complexity index is 390. The highest BCUT2D eigenvalue weighted by Gasteiger charge is 2.30. The summed E-state index contributed by atoms with van der Waals surface area (Å²) in [7, 11) is 1.72. The van der Waals surface area contributed by atoms with Crippen LogP contribution in [-0.4, -0.2) is 7.11 Å². The first-order valence-corrected chi connectivity index (χ1v) is 7.02. The lowest BCUT2D eigenvalue weighted by Gasteiger charge is -2.35. The van der Waals surface area contributed by atoms with E-state index >= 15 is 0 Å². The van der Waals surface area contributed by atoms with Crippen LogP contribution in [-0.2, 0) is 0 Å². The Morgan fingerprint density at radius 2 is 1.89 bits per heavy atom. The fraction of sp³-hybridized carbons (Fsp3) is 0.625. The lowest BCUT2D eigenvalue weighted by molar-refractivity contribution is 0.184. The smallest absolute Gasteiger partial charge is 0.123 e. The van der Waals surface area contributed by atoms with Crippen LogP contribution in [0.15, 0.2) is 24.3 Å². The molecule has 1 saturated carbocycles. The molecule has 0 aliphatic heterocycles. The normalized spacial score (nSPS) is 29.9. The molecule has 18 heavy (non-hydrogen) atoms. The predicted molar refractivity (Wildman–Crippen MR) is 75.6 cm³/mol. The lowest BCUT2D eigenvalue weighted by Crippen LogP contribution is -2.29. The lowest BCUT2D eigenvalue weighted by atomic mass is 9.72. The van der Waals surface area contributed by atoms with E-state index in [0.717, 1.165) is 23.1 Å². The van der Waals surface area contributed by atoms with Crippen LogP contribution in [0, 0.1) is 17.8 Å². The second kappa shape index (κ2) is 5.75. The van der Waals surface area contributed by atoms with E-state index in [0.29, 0.717) is 5.92 Å². The number of nitrogens with two attached hydrogens (primary N) is 1. The van der Waals surface area contributed by atoms with Gasteiger partial charge in [-0.15, -0.1) is 0 Å². The van der Waals surface area contributed by atoms with Crippen LogP contribution in [0.1, 0.15) is 44.7 Å². The van der Waals surface area contributed by atoms with Gasteiger partial charge in [0.05, 0.1) is 7.11 Å². The van der Waals surface area contributed by atoms with Crippen molar-refractivity contribution in [3.05, 3.63) is 29.8 Å². The van der Waals surface area contributed by atoms with Gasteiger partial charge in [0.1, 0.15) is 5.75 Å². The molecule has 100 valence electrons. The monoisotopic (exact) mass is 247 g/mol. The van der Waals surface area contributed by atoms with Crippen molar-refractivity contribution < 1.29 is 4.74 Å². The average molecular weight is 247 g/mol. The summed E-state index contributed by atoms with van der Waals surface area (Å²) in [6.07, 6.45) is 3.78. The van der Waals surface area contributed by atoms with Crippen molar-refractivity contribution in [2.24, 2.45) is 23.5 Å². The van der Waals surface area contributed by atoms with Gasteiger partial charge in [-0.05, 0) is 36.7 Å². The van der Waals surface area contributed by atoms with Gasteiger partial charge in [0.25, 0.3) is 0 Å². The molecule has 1 aliphatic carbocycles. The quantitative estimate of drug-likeness (QED) is 0.882. The second-order valence-corrected chi connectivity index (χ2v) is 5.80. The molecule has 0 heterocycles. The van der Waals surface area contributed by atoms with Gasteiger partial charge < -0.3 is 10.5 Å². The van der Waals surface area contributed by atoms with Crippen molar-refractivity contribution >= 4 is 0 Å². The second-order valence-electron chi connectivity index (χ2n) is 5.80. The summed E-state index contributed by atoms with van der Waals surface area (Å²) in [6, 6.07) is 8.26. The first-order valence-electron chi connectivity index (χ1n) is 7.02. The van der Waals surface area contributed by atoms with Crippen molar-refractivity contribution in [1.82, 2.24) is 0 Å². The topological polar surface area (TPSA) is 35.2 Å². The Labute approximate surface area is 111 Å². The summed E-state index contributed by atoms with van der Waals surface area (Å²) in [5.41, 5.74) is 7.63. The summed E-state index contributed by atoms with van der Waals surface area (Å²) in [5.74, 6) is 3.14. The number of para-hydroxylation sites is 1. The van der Waals surface area contributed by atoms with Gasteiger partial charge in [-0.1, -0.05) is 38.5 Å². The first kappa shape index (κ1) is 13.4. The molecule has 1 fully saturated rings. The Balaban J connectivity index is 2.13. The maximum Gasteiger partial charge on any atom is 0.123 e. The van der Waals surface area contributed by atoms with E-state index in [1.165, 1.54) is 19.3 Å². The van der Waals surface area contributed by atoms with Crippen molar-refractivity contribution in [2.45, 2.75) is 39.2 Å². The highest BCUT2D eigenvalue weighted by molar-refractivity contribution is 5.36. The minimum absolute atomic E-state index is 0.107. The predicted octanol–water partition coefficient (Wildman–Crippen LogP) is 3.77. The van der Waals surface area contributed by atoms with E-state index in [-0.39, 0.29) is 6.04 Å². The minimum atomic E-state index is 0.107. The Kier molecular flexibility index (Phi) is 4.28. The van der Waals surface area contributed by atoms with Gasteiger partial charge in [0, 0.05) is 11.6 Å². The standard InChI is InChI=1S/C16H25NO/c1-11-8-9-13(10-12(11)2)16(17)14-6-4-5-7-15(14)18-3/h4-7,11-13,16H,8-10,17H2,1-3H3. The molecule has 0 aromatic heterocycles. The Morgan fingerprint density at radius 1 is 1.17 bits per heavy atom. The third-order valence-corrected chi connectivity index (χ3v) is 4.64. The molecule has 0 amide bonds. The number of rotatable bonds is 3. The van der Waals surface area contributed by atoms with Crippen molar-refractivity contribution in [2.75, 3.05) is 7.11 Å². The first-order chi connectivity index (χ1) is 8.63. The molecule has 0 spiro atoms.